The van der Waals surface area contributed by atoms with Gasteiger partial charge in [-0.25, -0.2) is 9.97 Å². The van der Waals surface area contributed by atoms with E-state index < -0.39 is 11.5 Å². The van der Waals surface area contributed by atoms with Crippen molar-refractivity contribution in [1.29, 1.82) is 0 Å². The summed E-state index contributed by atoms with van der Waals surface area (Å²) in [5, 5.41) is 14.1. The van der Waals surface area contributed by atoms with Gasteiger partial charge in [0.2, 0.25) is 5.88 Å². The van der Waals surface area contributed by atoms with E-state index >= 15 is 0 Å². The zero-order valence-corrected chi connectivity index (χ0v) is 22.3. The average molecular weight is 515 g/mol. The SMILES string of the molecule is COc1nc2ncnc(N[C@H](C)c3cccc(C(F)(F)C(C)(C)O)c3)c2cc1N1CCN(C(C)C)CC1. The number of ether oxygens (including phenoxy) is 1. The minimum atomic E-state index is -3.40. The van der Waals surface area contributed by atoms with E-state index in [1.165, 1.54) is 18.5 Å². The number of hydrogen-bond donors (Lipinski definition) is 2. The van der Waals surface area contributed by atoms with E-state index in [9.17, 15) is 13.9 Å². The first-order valence-corrected chi connectivity index (χ1v) is 12.6. The number of alkyl halides is 2. The highest BCUT2D eigenvalue weighted by molar-refractivity contribution is 5.90. The Balaban J connectivity index is 1.64. The Morgan fingerprint density at radius 3 is 2.38 bits per heavy atom. The quantitative estimate of drug-likeness (QED) is 0.451. The number of fused-ring (bicyclic) bond motifs is 1. The highest BCUT2D eigenvalue weighted by Crippen LogP contribution is 2.40. The maximum Gasteiger partial charge on any atom is 0.300 e. The number of nitrogens with one attached hydrogen (secondary N) is 1. The van der Waals surface area contributed by atoms with Crippen LogP contribution in [-0.4, -0.2) is 69.9 Å². The van der Waals surface area contributed by atoms with Crippen LogP contribution in [0.4, 0.5) is 20.3 Å². The first-order chi connectivity index (χ1) is 17.4. The second kappa shape index (κ2) is 10.3. The highest BCUT2D eigenvalue weighted by Gasteiger charge is 2.47. The molecule has 200 valence electrons. The van der Waals surface area contributed by atoms with Gasteiger partial charge in [0.05, 0.1) is 12.5 Å². The van der Waals surface area contributed by atoms with E-state index in [-0.39, 0.29) is 11.6 Å². The monoisotopic (exact) mass is 514 g/mol. The van der Waals surface area contributed by atoms with Gasteiger partial charge in [0.1, 0.15) is 23.4 Å². The van der Waals surface area contributed by atoms with E-state index in [1.807, 2.05) is 13.0 Å². The summed E-state index contributed by atoms with van der Waals surface area (Å²) in [6, 6.07) is 8.21. The zero-order valence-electron chi connectivity index (χ0n) is 22.3. The molecule has 3 aromatic rings. The minimum absolute atomic E-state index is 0.243. The maximum atomic E-state index is 14.8. The van der Waals surface area contributed by atoms with Crippen LogP contribution in [0.3, 0.4) is 0 Å². The van der Waals surface area contributed by atoms with Crippen molar-refractivity contribution in [2.24, 2.45) is 0 Å². The van der Waals surface area contributed by atoms with Gasteiger partial charge >= 0.3 is 5.92 Å². The molecule has 8 nitrogen and oxygen atoms in total. The van der Waals surface area contributed by atoms with Gasteiger partial charge in [-0.1, -0.05) is 18.2 Å². The molecule has 1 fully saturated rings. The molecule has 10 heteroatoms. The van der Waals surface area contributed by atoms with E-state index in [1.54, 1.807) is 19.2 Å². The van der Waals surface area contributed by atoms with Gasteiger partial charge in [-0.2, -0.15) is 13.8 Å². The smallest absolute Gasteiger partial charge is 0.300 e. The summed E-state index contributed by atoms with van der Waals surface area (Å²) < 4.78 is 35.2. The summed E-state index contributed by atoms with van der Waals surface area (Å²) in [6.45, 7) is 12.1. The van der Waals surface area contributed by atoms with Crippen LogP contribution in [-0.2, 0) is 5.92 Å². The molecule has 0 radical (unpaired) electrons. The van der Waals surface area contributed by atoms with Gasteiger partial charge < -0.3 is 20.1 Å². The number of aromatic nitrogens is 3. The fraction of sp³-hybridized carbons (Fsp3) is 0.519. The molecule has 2 aromatic heterocycles. The highest BCUT2D eigenvalue weighted by atomic mass is 19.3. The van der Waals surface area contributed by atoms with Gasteiger partial charge in [0.15, 0.2) is 5.65 Å². The van der Waals surface area contributed by atoms with Gasteiger partial charge in [0, 0.05) is 43.8 Å². The molecular weight excluding hydrogens is 478 g/mol. The number of benzene rings is 1. The van der Waals surface area contributed by atoms with Crippen molar-refractivity contribution in [3.05, 3.63) is 47.8 Å². The maximum absolute atomic E-state index is 14.8. The fourth-order valence-corrected chi connectivity index (χ4v) is 4.58. The Morgan fingerprint density at radius 2 is 1.76 bits per heavy atom. The van der Waals surface area contributed by atoms with Crippen LogP contribution >= 0.6 is 0 Å². The third kappa shape index (κ3) is 5.45. The molecule has 0 aliphatic carbocycles. The number of nitrogens with zero attached hydrogens (tertiary/aromatic N) is 5. The first kappa shape index (κ1) is 26.9. The number of hydrogen-bond acceptors (Lipinski definition) is 8. The second-order valence-electron chi connectivity index (χ2n) is 10.4. The fourth-order valence-electron chi connectivity index (χ4n) is 4.58. The van der Waals surface area contributed by atoms with Crippen molar-refractivity contribution in [1.82, 2.24) is 19.9 Å². The van der Waals surface area contributed by atoms with Gasteiger partial charge in [-0.05, 0) is 52.3 Å². The van der Waals surface area contributed by atoms with Crippen LogP contribution in [0.5, 0.6) is 5.88 Å². The molecule has 4 rings (SSSR count). The van der Waals surface area contributed by atoms with Gasteiger partial charge in [0.25, 0.3) is 0 Å². The van der Waals surface area contributed by atoms with Crippen LogP contribution < -0.4 is 15.0 Å². The molecular formula is C27H36F2N6O2. The Labute approximate surface area is 216 Å². The molecule has 1 aliphatic heterocycles. The average Bonchev–Trinajstić information content (AvgIpc) is 2.87. The Morgan fingerprint density at radius 1 is 1.05 bits per heavy atom. The summed E-state index contributed by atoms with van der Waals surface area (Å²) >= 11 is 0. The molecule has 0 spiro atoms. The third-order valence-electron chi connectivity index (χ3n) is 7.02. The molecule has 0 saturated carbocycles. The number of piperazine rings is 1. The van der Waals surface area contributed by atoms with Crippen LogP contribution in [0.15, 0.2) is 36.7 Å². The number of halogens is 2. The number of aliphatic hydroxyl groups is 1. The third-order valence-corrected chi connectivity index (χ3v) is 7.02. The first-order valence-electron chi connectivity index (χ1n) is 12.6. The number of anilines is 2. The molecule has 2 N–H and O–H groups in total. The van der Waals surface area contributed by atoms with Crippen molar-refractivity contribution >= 4 is 22.5 Å². The lowest BCUT2D eigenvalue weighted by molar-refractivity contribution is -0.168. The predicted molar refractivity (Wildman–Crippen MR) is 141 cm³/mol. The van der Waals surface area contributed by atoms with Crippen LogP contribution in [0, 0.1) is 0 Å². The van der Waals surface area contributed by atoms with Crippen molar-refractivity contribution in [3.8, 4) is 5.88 Å². The molecule has 3 heterocycles. The molecule has 0 amide bonds. The summed E-state index contributed by atoms with van der Waals surface area (Å²) in [5.41, 5.74) is -0.441. The minimum Gasteiger partial charge on any atom is -0.479 e. The molecule has 1 saturated heterocycles. The van der Waals surface area contributed by atoms with Gasteiger partial charge in [-0.15, -0.1) is 0 Å². The predicted octanol–water partition coefficient (Wildman–Crippen LogP) is 4.60. The Hall–Kier alpha value is -3.11. The second-order valence-corrected chi connectivity index (χ2v) is 10.4. The van der Waals surface area contributed by atoms with Crippen LogP contribution in [0.1, 0.15) is 51.8 Å². The molecule has 1 aromatic carbocycles. The number of pyridine rings is 1. The van der Waals surface area contributed by atoms with Crippen molar-refractivity contribution in [2.75, 3.05) is 43.5 Å². The molecule has 1 atom stereocenters. The lowest BCUT2D eigenvalue weighted by Crippen LogP contribution is -2.49. The summed E-state index contributed by atoms with van der Waals surface area (Å²) in [6.07, 6.45) is 1.42. The number of methoxy groups -OCH3 is 1. The van der Waals surface area contributed by atoms with Crippen LogP contribution in [0.25, 0.3) is 11.0 Å². The van der Waals surface area contributed by atoms with E-state index in [0.717, 1.165) is 51.1 Å². The van der Waals surface area contributed by atoms with Crippen molar-refractivity contribution in [2.45, 2.75) is 58.2 Å². The number of rotatable bonds is 8. The lowest BCUT2D eigenvalue weighted by Gasteiger charge is -2.38. The Bertz CT molecular complexity index is 1240. The topological polar surface area (TPSA) is 86.6 Å². The molecule has 37 heavy (non-hydrogen) atoms. The molecule has 0 unspecified atom stereocenters. The van der Waals surface area contributed by atoms with Crippen LogP contribution in [0.2, 0.25) is 0 Å². The van der Waals surface area contributed by atoms with Crippen molar-refractivity contribution in [3.63, 3.8) is 0 Å². The Kier molecular flexibility index (Phi) is 7.52. The van der Waals surface area contributed by atoms with E-state index in [0.29, 0.717) is 29.0 Å². The molecule has 1 aliphatic rings. The van der Waals surface area contributed by atoms with E-state index in [4.69, 9.17) is 4.74 Å². The zero-order chi connectivity index (χ0) is 27.0. The summed E-state index contributed by atoms with van der Waals surface area (Å²) in [4.78, 5) is 18.1. The summed E-state index contributed by atoms with van der Waals surface area (Å²) in [7, 11) is 1.60. The lowest BCUT2D eigenvalue weighted by atomic mass is 9.91. The standard InChI is InChI=1S/C27H36F2N6O2/c1-17(2)34-10-12-35(13-11-34)22-15-21-23(30-16-31-24(21)33-25(22)37-6)32-18(3)19-8-7-9-20(14-19)27(28,29)26(4,5)36/h7-9,14-18,36H,10-13H2,1-6H3,(H,30,31,32,33)/t18-/m1/s1. The molecule has 0 bridgehead atoms. The summed E-state index contributed by atoms with van der Waals surface area (Å²) in [5.74, 6) is -2.35. The van der Waals surface area contributed by atoms with Crippen molar-refractivity contribution < 1.29 is 18.6 Å². The van der Waals surface area contributed by atoms with Gasteiger partial charge in [-0.3, -0.25) is 4.90 Å². The van der Waals surface area contributed by atoms with E-state index in [2.05, 4.69) is 43.9 Å². The largest absolute Gasteiger partial charge is 0.479 e. The normalized spacial score (nSPS) is 16.3.